The van der Waals surface area contributed by atoms with Gasteiger partial charge in [-0.05, 0) is 41.1 Å². The molecule has 0 radical (unpaired) electrons. The number of nitrogens with zero attached hydrogens (tertiary/aromatic N) is 6. The first-order valence-electron chi connectivity index (χ1n) is 7.31. The fourth-order valence-corrected chi connectivity index (χ4v) is 2.43. The Morgan fingerprint density at radius 3 is 2.58 bits per heavy atom. The molecule has 24 heavy (non-hydrogen) atoms. The van der Waals surface area contributed by atoms with Crippen LogP contribution in [-0.4, -0.2) is 29.3 Å². The Morgan fingerprint density at radius 2 is 1.92 bits per heavy atom. The van der Waals surface area contributed by atoms with E-state index in [1.54, 1.807) is 11.7 Å². The van der Waals surface area contributed by atoms with Crippen molar-refractivity contribution < 1.29 is 0 Å². The third kappa shape index (κ3) is 2.83. The first-order valence-corrected chi connectivity index (χ1v) is 7.31. The summed E-state index contributed by atoms with van der Waals surface area (Å²) >= 11 is 0. The van der Waals surface area contributed by atoms with Crippen LogP contribution < -0.4 is 16.6 Å². The zero-order valence-corrected chi connectivity index (χ0v) is 13.6. The summed E-state index contributed by atoms with van der Waals surface area (Å²) in [5.74, 6) is 0. The van der Waals surface area contributed by atoms with Gasteiger partial charge in [0, 0.05) is 31.5 Å². The number of hydrogen-bond acceptors (Lipinski definition) is 6. The highest BCUT2D eigenvalue weighted by Crippen LogP contribution is 2.18. The fraction of sp³-hybridized carbons (Fsp3) is 0.267. The van der Waals surface area contributed by atoms with Crippen LogP contribution in [0.25, 0.3) is 5.69 Å². The average Bonchev–Trinajstić information content (AvgIpc) is 3.09. The van der Waals surface area contributed by atoms with E-state index in [4.69, 9.17) is 0 Å². The van der Waals surface area contributed by atoms with Crippen LogP contribution in [0.3, 0.4) is 0 Å². The average molecular weight is 327 g/mol. The van der Waals surface area contributed by atoms with E-state index < -0.39 is 0 Å². The Morgan fingerprint density at radius 1 is 1.12 bits per heavy atom. The normalized spacial score (nSPS) is 10.8. The van der Waals surface area contributed by atoms with Gasteiger partial charge in [0.25, 0.3) is 5.56 Å². The smallest absolute Gasteiger partial charge is 0.330 e. The lowest BCUT2D eigenvalue weighted by atomic mass is 10.1. The molecule has 0 saturated carbocycles. The van der Waals surface area contributed by atoms with Crippen LogP contribution >= 0.6 is 0 Å². The van der Waals surface area contributed by atoms with E-state index in [-0.39, 0.29) is 11.2 Å². The molecule has 0 aliphatic rings. The molecule has 0 unspecified atom stereocenters. The first-order chi connectivity index (χ1) is 11.5. The van der Waals surface area contributed by atoms with Crippen LogP contribution in [0, 0.1) is 6.92 Å². The summed E-state index contributed by atoms with van der Waals surface area (Å²) < 4.78 is 4.12. The van der Waals surface area contributed by atoms with Crippen LogP contribution in [0.4, 0.5) is 5.69 Å². The number of aromatic nitrogens is 6. The third-order valence-corrected chi connectivity index (χ3v) is 3.89. The van der Waals surface area contributed by atoms with E-state index in [1.807, 2.05) is 25.1 Å². The molecule has 0 spiro atoms. The number of nitrogens with one attached hydrogen (secondary N) is 1. The summed E-state index contributed by atoms with van der Waals surface area (Å²) in [4.78, 5) is 23.7. The molecule has 2 aromatic heterocycles. The van der Waals surface area contributed by atoms with Gasteiger partial charge >= 0.3 is 5.69 Å². The largest absolute Gasteiger partial charge is 0.379 e. The molecule has 0 aliphatic carbocycles. The molecule has 3 aromatic rings. The first kappa shape index (κ1) is 15.7. The molecule has 0 aliphatic heterocycles. The van der Waals surface area contributed by atoms with E-state index in [9.17, 15) is 9.59 Å². The van der Waals surface area contributed by atoms with Gasteiger partial charge in [-0.15, -0.1) is 5.10 Å². The van der Waals surface area contributed by atoms with Crippen molar-refractivity contribution in [3.05, 3.63) is 62.7 Å². The van der Waals surface area contributed by atoms with Gasteiger partial charge in [0.1, 0.15) is 6.33 Å². The second kappa shape index (κ2) is 6.11. The van der Waals surface area contributed by atoms with Crippen molar-refractivity contribution in [2.45, 2.75) is 13.5 Å². The summed E-state index contributed by atoms with van der Waals surface area (Å²) in [6.45, 7) is 2.32. The monoisotopic (exact) mass is 327 g/mol. The van der Waals surface area contributed by atoms with Crippen molar-refractivity contribution in [1.29, 1.82) is 0 Å². The molecule has 9 nitrogen and oxygen atoms in total. The lowest BCUT2D eigenvalue weighted by Crippen LogP contribution is -2.38. The van der Waals surface area contributed by atoms with Gasteiger partial charge in [-0.2, -0.15) is 0 Å². The summed E-state index contributed by atoms with van der Waals surface area (Å²) in [7, 11) is 3.10. The second-order valence-corrected chi connectivity index (χ2v) is 5.48. The number of hydrogen-bond donors (Lipinski definition) is 1. The Hall–Kier alpha value is -3.23. The number of aryl methyl sites for hydroxylation is 1. The zero-order chi connectivity index (χ0) is 17.3. The van der Waals surface area contributed by atoms with Crippen molar-refractivity contribution >= 4 is 5.69 Å². The van der Waals surface area contributed by atoms with Gasteiger partial charge in [0.2, 0.25) is 0 Å². The molecule has 124 valence electrons. The van der Waals surface area contributed by atoms with Crippen molar-refractivity contribution in [3.63, 3.8) is 0 Å². The maximum atomic E-state index is 11.9. The predicted molar refractivity (Wildman–Crippen MR) is 88.1 cm³/mol. The van der Waals surface area contributed by atoms with E-state index in [2.05, 4.69) is 20.8 Å². The Kier molecular flexibility index (Phi) is 3.98. The number of benzene rings is 1. The topological polar surface area (TPSA) is 99.6 Å². The van der Waals surface area contributed by atoms with Gasteiger partial charge in [-0.1, -0.05) is 0 Å². The summed E-state index contributed by atoms with van der Waals surface area (Å²) in [5.41, 5.74) is 2.70. The molecule has 1 aromatic carbocycles. The molecule has 0 atom stereocenters. The molecule has 2 heterocycles. The fourth-order valence-electron chi connectivity index (χ4n) is 2.43. The quantitative estimate of drug-likeness (QED) is 0.723. The van der Waals surface area contributed by atoms with E-state index in [0.717, 1.165) is 21.5 Å². The summed E-state index contributed by atoms with van der Waals surface area (Å²) in [5, 5.41) is 14.3. The van der Waals surface area contributed by atoms with Gasteiger partial charge in [0.15, 0.2) is 0 Å². The highest BCUT2D eigenvalue weighted by Gasteiger charge is 2.07. The lowest BCUT2D eigenvalue weighted by molar-refractivity contribution is 0.655. The van der Waals surface area contributed by atoms with Gasteiger partial charge in [0.05, 0.1) is 12.2 Å². The molecule has 1 N–H and O–H groups in total. The van der Waals surface area contributed by atoms with Crippen LogP contribution in [0.1, 0.15) is 11.3 Å². The Labute approximate surface area is 137 Å². The van der Waals surface area contributed by atoms with Gasteiger partial charge in [-0.25, -0.2) is 9.48 Å². The van der Waals surface area contributed by atoms with E-state index in [1.165, 1.54) is 24.0 Å². The Bertz CT molecular complexity index is 986. The van der Waals surface area contributed by atoms with Crippen LogP contribution in [0.2, 0.25) is 0 Å². The minimum absolute atomic E-state index is 0.319. The van der Waals surface area contributed by atoms with Gasteiger partial charge in [-0.3, -0.25) is 13.9 Å². The Balaban J connectivity index is 1.82. The van der Waals surface area contributed by atoms with Crippen molar-refractivity contribution in [1.82, 2.24) is 29.3 Å². The zero-order valence-electron chi connectivity index (χ0n) is 13.6. The maximum absolute atomic E-state index is 11.9. The summed E-state index contributed by atoms with van der Waals surface area (Å²) in [6.07, 6.45) is 1.53. The van der Waals surface area contributed by atoms with Gasteiger partial charge < -0.3 is 5.32 Å². The van der Waals surface area contributed by atoms with Crippen LogP contribution in [0.15, 0.2) is 40.2 Å². The molecule has 9 heteroatoms. The van der Waals surface area contributed by atoms with Crippen molar-refractivity contribution in [2.24, 2.45) is 14.1 Å². The van der Waals surface area contributed by atoms with Crippen LogP contribution in [0.5, 0.6) is 0 Å². The minimum atomic E-state index is -0.343. The highest BCUT2D eigenvalue weighted by atomic mass is 16.2. The predicted octanol–water partition coefficient (Wildman–Crippen LogP) is -0.0198. The number of anilines is 1. The minimum Gasteiger partial charge on any atom is -0.379 e. The third-order valence-electron chi connectivity index (χ3n) is 3.89. The van der Waals surface area contributed by atoms with Crippen molar-refractivity contribution in [3.8, 4) is 5.69 Å². The molecule has 0 saturated heterocycles. The van der Waals surface area contributed by atoms with E-state index in [0.29, 0.717) is 12.2 Å². The molecular weight excluding hydrogens is 310 g/mol. The maximum Gasteiger partial charge on any atom is 0.330 e. The molecule has 0 fully saturated rings. The van der Waals surface area contributed by atoms with Crippen molar-refractivity contribution in [2.75, 3.05) is 5.32 Å². The van der Waals surface area contributed by atoms with E-state index >= 15 is 0 Å². The van der Waals surface area contributed by atoms with Crippen LogP contribution in [-0.2, 0) is 20.6 Å². The molecule has 3 rings (SSSR count). The molecule has 0 bridgehead atoms. The SMILES string of the molecule is Cc1cc(NCc2cc(=O)n(C)c(=O)n2C)ccc1-n1cnnn1. The number of rotatable bonds is 4. The lowest BCUT2D eigenvalue weighted by Gasteiger charge is -2.13. The molecular formula is C15H17N7O2. The second-order valence-electron chi connectivity index (χ2n) is 5.48. The summed E-state index contributed by atoms with van der Waals surface area (Å²) in [6, 6.07) is 7.20. The molecule has 0 amide bonds. The highest BCUT2D eigenvalue weighted by molar-refractivity contribution is 5.53. The standard InChI is InChI=1S/C15H17N7O2/c1-10-6-11(4-5-13(10)22-9-17-18-19-22)16-8-12-7-14(23)21(3)15(24)20(12)2/h4-7,9,16H,8H2,1-3H3. The number of tetrazole rings is 1.